The largest absolute Gasteiger partial charge is 0.497 e. The van der Waals surface area contributed by atoms with Gasteiger partial charge in [-0.1, -0.05) is 24.3 Å². The number of rotatable bonds is 12. The van der Waals surface area contributed by atoms with Crippen LogP contribution in [0.4, 0.5) is 0 Å². The molecule has 0 unspecified atom stereocenters. The lowest BCUT2D eigenvalue weighted by atomic mass is 9.93. The van der Waals surface area contributed by atoms with Crippen molar-refractivity contribution < 1.29 is 13.2 Å². The molecular weight excluding hydrogens is 424 g/mol. The summed E-state index contributed by atoms with van der Waals surface area (Å²) in [6.45, 7) is 5.56. The lowest BCUT2D eigenvalue weighted by Crippen LogP contribution is -2.37. The Bertz CT molecular complexity index is 1060. The summed E-state index contributed by atoms with van der Waals surface area (Å²) in [5, 5.41) is 3.60. The number of hydrogen-bond donors (Lipinski definition) is 3. The highest BCUT2D eigenvalue weighted by molar-refractivity contribution is 7.89. The van der Waals surface area contributed by atoms with Crippen molar-refractivity contribution in [3.05, 3.63) is 77.9 Å². The zero-order valence-electron chi connectivity index (χ0n) is 18.9. The van der Waals surface area contributed by atoms with Gasteiger partial charge in [0.2, 0.25) is 10.0 Å². The third-order valence-corrected chi connectivity index (χ3v) is 6.94. The molecule has 0 spiro atoms. The van der Waals surface area contributed by atoms with Crippen LogP contribution < -0.4 is 14.8 Å². The molecule has 1 heterocycles. The molecule has 8 heteroatoms. The first-order chi connectivity index (χ1) is 15.3. The minimum atomic E-state index is -3.54. The van der Waals surface area contributed by atoms with Crippen LogP contribution in [0.5, 0.6) is 5.75 Å². The van der Waals surface area contributed by atoms with Gasteiger partial charge in [-0.15, -0.1) is 0 Å². The molecule has 0 radical (unpaired) electrons. The molecule has 3 aromatic rings. The number of ether oxygens (including phenoxy) is 1. The first-order valence-corrected chi connectivity index (χ1v) is 12.2. The predicted octanol–water partition coefficient (Wildman–Crippen LogP) is 3.40. The summed E-state index contributed by atoms with van der Waals surface area (Å²) in [5.74, 6) is 1.63. The van der Waals surface area contributed by atoms with Gasteiger partial charge in [0.05, 0.1) is 12.0 Å². The highest BCUT2D eigenvalue weighted by atomic mass is 32.2. The second kappa shape index (κ2) is 10.8. The number of imidazole rings is 1. The highest BCUT2D eigenvalue weighted by Crippen LogP contribution is 2.21. The lowest BCUT2D eigenvalue weighted by molar-refractivity contribution is 0.399. The molecule has 3 rings (SSSR count). The molecule has 172 valence electrons. The van der Waals surface area contributed by atoms with E-state index >= 15 is 0 Å². The minimum absolute atomic E-state index is 0.155. The van der Waals surface area contributed by atoms with E-state index < -0.39 is 10.0 Å². The second-order valence-corrected chi connectivity index (χ2v) is 9.98. The van der Waals surface area contributed by atoms with Crippen molar-refractivity contribution in [3.8, 4) is 5.75 Å². The molecule has 7 nitrogen and oxygen atoms in total. The molecule has 0 saturated heterocycles. The number of methoxy groups -OCH3 is 1. The van der Waals surface area contributed by atoms with Crippen LogP contribution in [0.2, 0.25) is 0 Å². The topological polar surface area (TPSA) is 96.1 Å². The summed E-state index contributed by atoms with van der Waals surface area (Å²) in [5.41, 5.74) is 2.12. The van der Waals surface area contributed by atoms with Crippen molar-refractivity contribution in [2.45, 2.75) is 43.5 Å². The van der Waals surface area contributed by atoms with Crippen molar-refractivity contribution in [2.75, 3.05) is 20.2 Å². The van der Waals surface area contributed by atoms with Gasteiger partial charge in [-0.2, -0.15) is 0 Å². The number of H-pyrrole nitrogens is 1. The van der Waals surface area contributed by atoms with E-state index in [1.165, 1.54) is 5.56 Å². The van der Waals surface area contributed by atoms with Gasteiger partial charge in [0.15, 0.2) is 0 Å². The Kier molecular flexibility index (Phi) is 8.06. The number of nitrogens with one attached hydrogen (secondary N) is 3. The fourth-order valence-corrected chi connectivity index (χ4v) is 4.48. The van der Waals surface area contributed by atoms with E-state index in [0.29, 0.717) is 18.7 Å². The molecule has 0 fully saturated rings. The third kappa shape index (κ3) is 6.66. The minimum Gasteiger partial charge on any atom is -0.497 e. The van der Waals surface area contributed by atoms with Gasteiger partial charge in [0.1, 0.15) is 11.6 Å². The number of benzene rings is 2. The van der Waals surface area contributed by atoms with Gasteiger partial charge in [0.25, 0.3) is 0 Å². The van der Waals surface area contributed by atoms with E-state index in [0.717, 1.165) is 30.8 Å². The Morgan fingerprint density at radius 3 is 2.34 bits per heavy atom. The summed E-state index contributed by atoms with van der Waals surface area (Å²) in [4.78, 5) is 7.61. The average Bonchev–Trinajstić information content (AvgIpc) is 3.31. The zero-order valence-corrected chi connectivity index (χ0v) is 19.7. The van der Waals surface area contributed by atoms with Crippen molar-refractivity contribution in [3.63, 3.8) is 0 Å². The van der Waals surface area contributed by atoms with Crippen LogP contribution in [0.15, 0.2) is 65.8 Å². The van der Waals surface area contributed by atoms with Crippen LogP contribution in [0, 0.1) is 0 Å². The van der Waals surface area contributed by atoms with E-state index in [-0.39, 0.29) is 10.4 Å². The van der Waals surface area contributed by atoms with Crippen molar-refractivity contribution in [1.82, 2.24) is 20.0 Å². The second-order valence-electron chi connectivity index (χ2n) is 8.21. The normalized spacial score (nSPS) is 12.1. The van der Waals surface area contributed by atoms with Crippen molar-refractivity contribution >= 4 is 10.0 Å². The Hall–Kier alpha value is -2.68. The Balaban J connectivity index is 1.46. The van der Waals surface area contributed by atoms with Gasteiger partial charge >= 0.3 is 0 Å². The number of aromatic amines is 1. The van der Waals surface area contributed by atoms with E-state index in [1.54, 1.807) is 37.6 Å². The quantitative estimate of drug-likeness (QED) is 0.363. The first-order valence-electron chi connectivity index (χ1n) is 10.8. The maximum absolute atomic E-state index is 12.4. The number of aryl methyl sites for hydroxylation is 1. The average molecular weight is 457 g/mol. The van der Waals surface area contributed by atoms with Crippen LogP contribution >= 0.6 is 0 Å². The molecule has 2 aromatic carbocycles. The molecular formula is C24H32N4O3S. The molecule has 0 aliphatic heterocycles. The molecule has 0 saturated carbocycles. The fraction of sp³-hybridized carbons (Fsp3) is 0.375. The van der Waals surface area contributed by atoms with Gasteiger partial charge in [0, 0.05) is 30.9 Å². The fourth-order valence-electron chi connectivity index (χ4n) is 3.45. The Labute approximate surface area is 190 Å². The van der Waals surface area contributed by atoms with Gasteiger partial charge < -0.3 is 15.0 Å². The zero-order chi connectivity index (χ0) is 23.0. The van der Waals surface area contributed by atoms with E-state index in [1.807, 2.05) is 6.20 Å². The van der Waals surface area contributed by atoms with Gasteiger partial charge in [-0.3, -0.25) is 0 Å². The molecule has 3 N–H and O–H groups in total. The van der Waals surface area contributed by atoms with Crippen LogP contribution in [-0.4, -0.2) is 38.6 Å². The molecule has 1 aromatic heterocycles. The van der Waals surface area contributed by atoms with Crippen LogP contribution in [0.25, 0.3) is 0 Å². The molecule has 0 amide bonds. The number of nitrogens with zero attached hydrogens (tertiary/aromatic N) is 1. The number of sulfonamides is 1. The molecule has 0 atom stereocenters. The lowest BCUT2D eigenvalue weighted by Gasteiger charge is -2.27. The van der Waals surface area contributed by atoms with Crippen LogP contribution in [-0.2, 0) is 28.4 Å². The van der Waals surface area contributed by atoms with Gasteiger partial charge in [-0.25, -0.2) is 18.1 Å². The van der Waals surface area contributed by atoms with Crippen LogP contribution in [0.1, 0.15) is 37.2 Å². The smallest absolute Gasteiger partial charge is 0.240 e. The number of aromatic nitrogens is 2. The highest BCUT2D eigenvalue weighted by Gasteiger charge is 2.19. The molecule has 0 aliphatic rings. The summed E-state index contributed by atoms with van der Waals surface area (Å²) in [7, 11) is -1.99. The van der Waals surface area contributed by atoms with Crippen LogP contribution in [0.3, 0.4) is 0 Å². The Morgan fingerprint density at radius 1 is 1.00 bits per heavy atom. The standard InChI is InChI=1S/C24H32N4O3S/c1-24(2,27-15-4-5-23-25-17-18-26-23)20-8-6-19(7-9-20)14-16-28-32(29,30)22-12-10-21(31-3)11-13-22/h6-13,17-18,27-28H,4-5,14-16H2,1-3H3,(H,25,26). The van der Waals surface area contributed by atoms with Crippen molar-refractivity contribution in [1.29, 1.82) is 0 Å². The SMILES string of the molecule is COc1ccc(S(=O)(=O)NCCc2ccc(C(C)(C)NCCCc3ncc[nH]3)cc2)cc1. The maximum Gasteiger partial charge on any atom is 0.240 e. The molecule has 32 heavy (non-hydrogen) atoms. The summed E-state index contributed by atoms with van der Waals surface area (Å²) in [6.07, 6.45) is 6.16. The van der Waals surface area contributed by atoms with Gasteiger partial charge in [-0.05, 0) is 68.6 Å². The van der Waals surface area contributed by atoms with Crippen molar-refractivity contribution in [2.24, 2.45) is 0 Å². The summed E-state index contributed by atoms with van der Waals surface area (Å²) in [6, 6.07) is 14.7. The predicted molar refractivity (Wildman–Crippen MR) is 126 cm³/mol. The van der Waals surface area contributed by atoms with E-state index in [2.05, 4.69) is 58.1 Å². The third-order valence-electron chi connectivity index (χ3n) is 5.46. The van der Waals surface area contributed by atoms with E-state index in [4.69, 9.17) is 4.74 Å². The van der Waals surface area contributed by atoms with E-state index in [9.17, 15) is 8.42 Å². The first kappa shape index (κ1) is 24.0. The molecule has 0 bridgehead atoms. The number of hydrogen-bond acceptors (Lipinski definition) is 5. The Morgan fingerprint density at radius 2 is 1.72 bits per heavy atom. The molecule has 0 aliphatic carbocycles. The summed E-state index contributed by atoms with van der Waals surface area (Å²) < 4.78 is 32.6. The monoisotopic (exact) mass is 456 g/mol. The summed E-state index contributed by atoms with van der Waals surface area (Å²) >= 11 is 0. The maximum atomic E-state index is 12.4.